The second-order valence-corrected chi connectivity index (χ2v) is 7.77. The first-order chi connectivity index (χ1) is 16.0. The van der Waals surface area contributed by atoms with Gasteiger partial charge < -0.3 is 20.7 Å². The minimum Gasteiger partial charge on any atom is -0.463 e. The molecule has 0 unspecified atom stereocenters. The zero-order valence-electron chi connectivity index (χ0n) is 18.8. The number of anilines is 2. The molecule has 2 aromatic rings. The number of hydrogen-bond acceptors (Lipinski definition) is 5. The van der Waals surface area contributed by atoms with Crippen molar-refractivity contribution < 1.29 is 19.1 Å². The van der Waals surface area contributed by atoms with E-state index in [1.165, 1.54) is 6.08 Å². The number of likely N-dealkylation sites (tertiary alicyclic amines) is 1. The highest BCUT2D eigenvalue weighted by Gasteiger charge is 2.22. The van der Waals surface area contributed by atoms with Gasteiger partial charge in [0.1, 0.15) is 0 Å². The molecule has 33 heavy (non-hydrogen) atoms. The molecule has 1 aliphatic heterocycles. The van der Waals surface area contributed by atoms with Gasteiger partial charge in [0.15, 0.2) is 0 Å². The third-order valence-corrected chi connectivity index (χ3v) is 5.21. The summed E-state index contributed by atoms with van der Waals surface area (Å²) >= 11 is 0. The maximum atomic E-state index is 12.4. The van der Waals surface area contributed by atoms with Crippen molar-refractivity contribution >= 4 is 35.4 Å². The lowest BCUT2D eigenvalue weighted by Gasteiger charge is -2.31. The molecule has 0 bridgehead atoms. The van der Waals surface area contributed by atoms with E-state index >= 15 is 0 Å². The van der Waals surface area contributed by atoms with Crippen LogP contribution >= 0.6 is 0 Å². The van der Waals surface area contributed by atoms with E-state index in [2.05, 4.69) is 20.9 Å². The number of ether oxygens (including phenoxy) is 1. The van der Waals surface area contributed by atoms with Crippen molar-refractivity contribution in [3.05, 3.63) is 66.2 Å². The van der Waals surface area contributed by atoms with Gasteiger partial charge in [-0.25, -0.2) is 9.59 Å². The van der Waals surface area contributed by atoms with E-state index in [0.717, 1.165) is 37.2 Å². The number of urea groups is 1. The molecule has 1 fully saturated rings. The predicted octanol–water partition coefficient (Wildman–Crippen LogP) is 3.49. The molecular weight excluding hydrogens is 420 g/mol. The highest BCUT2D eigenvalue weighted by Crippen LogP contribution is 2.13. The molecule has 0 spiro atoms. The molecule has 1 aliphatic rings. The molecule has 2 aromatic carbocycles. The number of nitrogens with one attached hydrogen (secondary N) is 3. The summed E-state index contributed by atoms with van der Waals surface area (Å²) in [5.41, 5.74) is 2.29. The zero-order valence-corrected chi connectivity index (χ0v) is 18.8. The fourth-order valence-electron chi connectivity index (χ4n) is 3.55. The molecule has 3 rings (SSSR count). The summed E-state index contributed by atoms with van der Waals surface area (Å²) in [6, 6.07) is 16.4. The topological polar surface area (TPSA) is 99.8 Å². The van der Waals surface area contributed by atoms with Crippen molar-refractivity contribution in [3.63, 3.8) is 0 Å². The Kier molecular flexibility index (Phi) is 9.02. The first-order valence-electron chi connectivity index (χ1n) is 11.1. The van der Waals surface area contributed by atoms with E-state index < -0.39 is 0 Å². The van der Waals surface area contributed by atoms with Crippen LogP contribution in [0.4, 0.5) is 16.2 Å². The van der Waals surface area contributed by atoms with Crippen LogP contribution in [0.1, 0.15) is 25.3 Å². The summed E-state index contributed by atoms with van der Waals surface area (Å²) in [7, 11) is 0. The number of amides is 3. The number of para-hydroxylation sites is 1. The smallest absolute Gasteiger partial charge is 0.330 e. The summed E-state index contributed by atoms with van der Waals surface area (Å²) in [5, 5.41) is 8.72. The second kappa shape index (κ2) is 12.4. The van der Waals surface area contributed by atoms with Gasteiger partial charge in [0.05, 0.1) is 13.2 Å². The fraction of sp³-hybridized carbons (Fsp3) is 0.320. The van der Waals surface area contributed by atoms with Crippen molar-refractivity contribution in [1.82, 2.24) is 10.2 Å². The van der Waals surface area contributed by atoms with Gasteiger partial charge in [-0.3, -0.25) is 9.69 Å². The molecular formula is C25H30N4O4. The van der Waals surface area contributed by atoms with Gasteiger partial charge in [-0.15, -0.1) is 0 Å². The van der Waals surface area contributed by atoms with Gasteiger partial charge >= 0.3 is 12.0 Å². The lowest BCUT2D eigenvalue weighted by molar-refractivity contribution is -0.137. The number of nitrogens with zero attached hydrogens (tertiary/aromatic N) is 1. The molecule has 1 heterocycles. The van der Waals surface area contributed by atoms with Crippen molar-refractivity contribution in [2.45, 2.75) is 25.8 Å². The first-order valence-corrected chi connectivity index (χ1v) is 11.1. The molecule has 0 aromatic heterocycles. The third-order valence-electron chi connectivity index (χ3n) is 5.21. The highest BCUT2D eigenvalue weighted by molar-refractivity contribution is 5.92. The van der Waals surface area contributed by atoms with Gasteiger partial charge in [-0.1, -0.05) is 30.3 Å². The van der Waals surface area contributed by atoms with Crippen LogP contribution in [0.25, 0.3) is 6.08 Å². The number of rotatable bonds is 8. The maximum absolute atomic E-state index is 12.4. The van der Waals surface area contributed by atoms with Gasteiger partial charge in [-0.05, 0) is 55.7 Å². The molecule has 174 valence electrons. The molecule has 0 aliphatic carbocycles. The van der Waals surface area contributed by atoms with Crippen LogP contribution in [0.2, 0.25) is 0 Å². The number of carbonyl (C=O) groups is 3. The number of hydrogen-bond donors (Lipinski definition) is 3. The Morgan fingerprint density at radius 2 is 1.64 bits per heavy atom. The fourth-order valence-corrected chi connectivity index (χ4v) is 3.55. The summed E-state index contributed by atoms with van der Waals surface area (Å²) in [6.07, 6.45) is 4.62. The van der Waals surface area contributed by atoms with Crippen LogP contribution in [-0.2, 0) is 14.3 Å². The molecule has 0 atom stereocenters. The normalized spacial score (nSPS) is 14.6. The Morgan fingerprint density at radius 3 is 2.30 bits per heavy atom. The van der Waals surface area contributed by atoms with Gasteiger partial charge in [0.25, 0.3) is 0 Å². The highest BCUT2D eigenvalue weighted by atomic mass is 16.5. The Morgan fingerprint density at radius 1 is 0.970 bits per heavy atom. The van der Waals surface area contributed by atoms with E-state index in [1.54, 1.807) is 25.1 Å². The van der Waals surface area contributed by atoms with Crippen molar-refractivity contribution in [3.8, 4) is 0 Å². The Bertz CT molecular complexity index is 952. The second-order valence-electron chi connectivity index (χ2n) is 7.77. The van der Waals surface area contributed by atoms with E-state index in [0.29, 0.717) is 18.8 Å². The maximum Gasteiger partial charge on any atom is 0.330 e. The monoisotopic (exact) mass is 450 g/mol. The minimum atomic E-state index is -0.384. The summed E-state index contributed by atoms with van der Waals surface area (Å²) in [5.74, 6) is -0.469. The molecule has 0 radical (unpaired) electrons. The van der Waals surface area contributed by atoms with E-state index in [-0.39, 0.29) is 23.9 Å². The van der Waals surface area contributed by atoms with Gasteiger partial charge in [0.2, 0.25) is 5.91 Å². The van der Waals surface area contributed by atoms with Crippen molar-refractivity contribution in [1.29, 1.82) is 0 Å². The predicted molar refractivity (Wildman–Crippen MR) is 129 cm³/mol. The number of benzene rings is 2. The van der Waals surface area contributed by atoms with Crippen LogP contribution in [0.5, 0.6) is 0 Å². The quantitative estimate of drug-likeness (QED) is 0.422. The first kappa shape index (κ1) is 24.0. The third kappa shape index (κ3) is 8.42. The Balaban J connectivity index is 1.37. The lowest BCUT2D eigenvalue weighted by Crippen LogP contribution is -2.47. The van der Waals surface area contributed by atoms with Gasteiger partial charge in [-0.2, -0.15) is 0 Å². The SMILES string of the molecule is CCOC(=O)C=Cc1ccc(NC(=O)CN2CCC(NC(=O)Nc3ccccc3)CC2)cc1. The van der Waals surface area contributed by atoms with Gasteiger partial charge in [0, 0.05) is 36.6 Å². The number of carbonyl (C=O) groups excluding carboxylic acids is 3. The van der Waals surface area contributed by atoms with E-state index in [9.17, 15) is 14.4 Å². The van der Waals surface area contributed by atoms with Crippen LogP contribution in [0.15, 0.2) is 60.7 Å². The molecule has 8 nitrogen and oxygen atoms in total. The molecule has 8 heteroatoms. The average molecular weight is 451 g/mol. The molecule has 0 saturated carbocycles. The van der Waals surface area contributed by atoms with E-state index in [4.69, 9.17) is 4.74 Å². The molecule has 1 saturated heterocycles. The minimum absolute atomic E-state index is 0.0851. The molecule has 3 amide bonds. The summed E-state index contributed by atoms with van der Waals surface area (Å²) < 4.78 is 4.85. The zero-order chi connectivity index (χ0) is 23.5. The van der Waals surface area contributed by atoms with E-state index in [1.807, 2.05) is 42.5 Å². The van der Waals surface area contributed by atoms with Crippen molar-refractivity contribution in [2.24, 2.45) is 0 Å². The van der Waals surface area contributed by atoms with Crippen molar-refractivity contribution in [2.75, 3.05) is 36.9 Å². The Hall–Kier alpha value is -3.65. The average Bonchev–Trinajstić information content (AvgIpc) is 2.81. The van der Waals surface area contributed by atoms with Crippen LogP contribution < -0.4 is 16.0 Å². The largest absolute Gasteiger partial charge is 0.463 e. The van der Waals surface area contributed by atoms with Crippen LogP contribution in [0.3, 0.4) is 0 Å². The Labute approximate surface area is 194 Å². The lowest BCUT2D eigenvalue weighted by atomic mass is 10.1. The van der Waals surface area contributed by atoms with Crippen LogP contribution in [0, 0.1) is 0 Å². The summed E-state index contributed by atoms with van der Waals surface area (Å²) in [6.45, 7) is 3.87. The number of esters is 1. The number of piperidine rings is 1. The van der Waals surface area contributed by atoms with Crippen LogP contribution in [-0.4, -0.2) is 55.1 Å². The standard InChI is InChI=1S/C25H30N4O4/c1-2-33-24(31)13-10-19-8-11-21(12-9-19)26-23(30)18-29-16-14-22(15-17-29)28-25(32)27-20-6-4-3-5-7-20/h3-13,22H,2,14-18H2,1H3,(H,26,30)(H2,27,28,32). The summed E-state index contributed by atoms with van der Waals surface area (Å²) in [4.78, 5) is 38.0. The molecule has 3 N–H and O–H groups in total.